The Balaban J connectivity index is 1.39. The van der Waals surface area contributed by atoms with Crippen molar-refractivity contribution >= 4 is 40.9 Å². The summed E-state index contributed by atoms with van der Waals surface area (Å²) in [6, 6.07) is 1.84. The van der Waals surface area contributed by atoms with E-state index in [1.165, 1.54) is 11.3 Å². The predicted octanol–water partition coefficient (Wildman–Crippen LogP) is 2.12. The Hall–Kier alpha value is -2.87. The molecule has 35 heavy (non-hydrogen) atoms. The maximum absolute atomic E-state index is 13.4. The minimum absolute atomic E-state index is 0.0519. The zero-order valence-electron chi connectivity index (χ0n) is 20.1. The highest BCUT2D eigenvalue weighted by molar-refractivity contribution is 7.14. The van der Waals surface area contributed by atoms with Gasteiger partial charge < -0.3 is 31.1 Å². The number of β-amino-alcohol motifs (C(OH)–C–C–N with tert-alkyl or cyclic N) is 1. The molecule has 1 saturated carbocycles. The molecule has 1 aromatic rings. The number of hydrogen-bond acceptors (Lipinski definition) is 8. The molecule has 0 radical (unpaired) electrons. The van der Waals surface area contributed by atoms with Crippen molar-refractivity contribution < 1.29 is 19.4 Å². The number of ether oxygens (including phenoxy) is 1. The first-order chi connectivity index (χ1) is 16.8. The highest BCUT2D eigenvalue weighted by Gasteiger charge is 2.32. The summed E-state index contributed by atoms with van der Waals surface area (Å²) in [5.41, 5.74) is 6.43. The second kappa shape index (κ2) is 11.2. The summed E-state index contributed by atoms with van der Waals surface area (Å²) < 4.78 is 5.30. The fourth-order valence-corrected chi connectivity index (χ4v) is 4.86. The van der Waals surface area contributed by atoms with Crippen LogP contribution in [0.5, 0.6) is 0 Å². The number of carbonyl (C=O) groups excluding carboxylic acids is 2. The second-order valence-corrected chi connectivity index (χ2v) is 10.3. The Morgan fingerprint density at radius 3 is 2.86 bits per heavy atom. The van der Waals surface area contributed by atoms with Gasteiger partial charge >= 0.3 is 6.09 Å². The molecule has 1 aliphatic carbocycles. The molecule has 0 bridgehead atoms. The van der Waals surface area contributed by atoms with E-state index in [-0.39, 0.29) is 24.5 Å². The van der Waals surface area contributed by atoms with Gasteiger partial charge in [-0.15, -0.1) is 11.3 Å². The van der Waals surface area contributed by atoms with Crippen LogP contribution in [0.15, 0.2) is 16.6 Å². The lowest BCUT2D eigenvalue weighted by Crippen LogP contribution is -2.58. The minimum atomic E-state index is -0.982. The molecule has 0 spiro atoms. The third-order valence-corrected chi connectivity index (χ3v) is 7.18. The average Bonchev–Trinajstić information content (AvgIpc) is 3.08. The number of fused-ring (bicyclic) bond motifs is 1. The number of carbonyl (C=O) groups is 2. The molecule has 0 atom stereocenters. The van der Waals surface area contributed by atoms with Crippen molar-refractivity contribution in [2.75, 3.05) is 32.7 Å². The van der Waals surface area contributed by atoms with Crippen LogP contribution in [0.25, 0.3) is 6.08 Å². The van der Waals surface area contributed by atoms with Gasteiger partial charge in [0, 0.05) is 44.7 Å². The zero-order chi connectivity index (χ0) is 24.8. The first kappa shape index (κ1) is 25.2. The van der Waals surface area contributed by atoms with Gasteiger partial charge in [0.15, 0.2) is 0 Å². The molecule has 5 N–H and O–H groups in total. The molecule has 2 amide bonds. The van der Waals surface area contributed by atoms with E-state index in [2.05, 4.69) is 27.5 Å². The van der Waals surface area contributed by atoms with Gasteiger partial charge in [0.25, 0.3) is 0 Å². The van der Waals surface area contributed by atoms with Crippen LogP contribution < -0.4 is 16.4 Å². The monoisotopic (exact) mass is 499 g/mol. The number of nitrogens with one attached hydrogen (secondary N) is 2. The van der Waals surface area contributed by atoms with Crippen LogP contribution in [0.4, 0.5) is 10.5 Å². The molecule has 4 rings (SSSR count). The average molecular weight is 500 g/mol. The van der Waals surface area contributed by atoms with E-state index in [9.17, 15) is 14.7 Å². The topological polar surface area (TPSA) is 129 Å². The fourth-order valence-electron chi connectivity index (χ4n) is 3.94. The molecule has 3 aliphatic rings. The fraction of sp³-hybridized carbons (Fsp3) is 0.560. The Morgan fingerprint density at radius 1 is 1.40 bits per heavy atom. The standard InChI is InChI=1S/C25H33N5O4S/c1-2-10-30(11-4-9-28-24(32)34-18-5-3-6-18)23(31)17-12-21-20(29-22(26)13-17)14-19(35-21)7-8-25(33)15-27-16-25/h12,14,18,27,33H,2-6,9-11,13,15-16H2,1H3,(H2,26,29)(H,28,32). The third-order valence-electron chi connectivity index (χ3n) is 6.19. The predicted molar refractivity (Wildman–Crippen MR) is 137 cm³/mol. The summed E-state index contributed by atoms with van der Waals surface area (Å²) in [4.78, 5) is 33.1. The lowest BCUT2D eigenvalue weighted by Gasteiger charge is -2.32. The number of nitrogens with two attached hydrogens (primary N) is 1. The van der Waals surface area contributed by atoms with Gasteiger partial charge in [-0.2, -0.15) is 0 Å². The molecule has 0 aromatic carbocycles. The van der Waals surface area contributed by atoms with Crippen LogP contribution in [0.3, 0.4) is 0 Å². The van der Waals surface area contributed by atoms with Gasteiger partial charge in [-0.3, -0.25) is 4.79 Å². The summed E-state index contributed by atoms with van der Waals surface area (Å²) in [5.74, 6) is 6.23. The SMILES string of the molecule is CCCN(CCCNC(=O)OC1CCC1)C(=O)C1=Cc2sc(C#CC3(O)CNC3)cc2N=C(N)C1. The summed E-state index contributed by atoms with van der Waals surface area (Å²) in [5, 5.41) is 16.0. The van der Waals surface area contributed by atoms with Gasteiger partial charge in [-0.25, -0.2) is 9.79 Å². The van der Waals surface area contributed by atoms with Crippen molar-refractivity contribution in [1.82, 2.24) is 15.5 Å². The molecule has 1 saturated heterocycles. The second-order valence-electron chi connectivity index (χ2n) is 9.23. The van der Waals surface area contributed by atoms with Crippen LogP contribution >= 0.6 is 11.3 Å². The molecule has 188 valence electrons. The first-order valence-corrected chi connectivity index (χ1v) is 13.0. The molecule has 3 heterocycles. The normalized spacial score (nSPS) is 18.3. The van der Waals surface area contributed by atoms with Crippen LogP contribution in [-0.2, 0) is 9.53 Å². The van der Waals surface area contributed by atoms with Crippen molar-refractivity contribution in [2.45, 2.75) is 57.2 Å². The van der Waals surface area contributed by atoms with E-state index in [0.29, 0.717) is 56.2 Å². The van der Waals surface area contributed by atoms with Crippen molar-refractivity contribution in [2.24, 2.45) is 10.7 Å². The van der Waals surface area contributed by atoms with Crippen molar-refractivity contribution in [3.63, 3.8) is 0 Å². The summed E-state index contributed by atoms with van der Waals surface area (Å²) in [7, 11) is 0. The number of rotatable bonds is 8. The van der Waals surface area contributed by atoms with E-state index >= 15 is 0 Å². The largest absolute Gasteiger partial charge is 0.446 e. The minimum Gasteiger partial charge on any atom is -0.446 e. The van der Waals surface area contributed by atoms with E-state index in [1.807, 2.05) is 19.1 Å². The van der Waals surface area contributed by atoms with Crippen molar-refractivity contribution in [1.29, 1.82) is 0 Å². The number of alkyl carbamates (subject to hydrolysis) is 1. The Morgan fingerprint density at radius 2 is 2.20 bits per heavy atom. The van der Waals surface area contributed by atoms with Crippen LogP contribution in [0.1, 0.15) is 55.2 Å². The lowest BCUT2D eigenvalue weighted by molar-refractivity contribution is -0.127. The van der Waals surface area contributed by atoms with E-state index in [0.717, 1.165) is 35.4 Å². The molecule has 2 aliphatic heterocycles. The highest BCUT2D eigenvalue weighted by atomic mass is 32.1. The Kier molecular flexibility index (Phi) is 8.11. The summed E-state index contributed by atoms with van der Waals surface area (Å²) >= 11 is 1.43. The molecule has 9 nitrogen and oxygen atoms in total. The number of hydrogen-bond donors (Lipinski definition) is 4. The zero-order valence-corrected chi connectivity index (χ0v) is 20.9. The van der Waals surface area contributed by atoms with Gasteiger partial charge in [0.1, 0.15) is 17.5 Å². The van der Waals surface area contributed by atoms with E-state index in [4.69, 9.17) is 10.5 Å². The van der Waals surface area contributed by atoms with E-state index < -0.39 is 5.60 Å². The lowest BCUT2D eigenvalue weighted by atomic mass is 9.96. The molecule has 1 aromatic heterocycles. The number of thiophene rings is 1. The number of aliphatic hydroxyl groups is 1. The number of nitrogens with zero attached hydrogens (tertiary/aromatic N) is 2. The van der Waals surface area contributed by atoms with Gasteiger partial charge in [-0.05, 0) is 44.2 Å². The molecule has 0 unspecified atom stereocenters. The summed E-state index contributed by atoms with van der Waals surface area (Å²) in [6.07, 6.45) is 6.23. The molecular formula is C25H33N5O4S. The van der Waals surface area contributed by atoms with Gasteiger partial charge in [0.05, 0.1) is 15.4 Å². The van der Waals surface area contributed by atoms with Gasteiger partial charge in [-0.1, -0.05) is 18.8 Å². The van der Waals surface area contributed by atoms with Crippen LogP contribution in [0, 0.1) is 11.8 Å². The highest BCUT2D eigenvalue weighted by Crippen LogP contribution is 2.34. The third kappa shape index (κ3) is 6.63. The van der Waals surface area contributed by atoms with Crippen LogP contribution in [0.2, 0.25) is 0 Å². The Bertz CT molecular complexity index is 1080. The first-order valence-electron chi connectivity index (χ1n) is 12.2. The van der Waals surface area contributed by atoms with Crippen molar-refractivity contribution in [3.05, 3.63) is 21.4 Å². The summed E-state index contributed by atoms with van der Waals surface area (Å²) in [6.45, 7) is 4.52. The number of aliphatic imine (C=N–C) groups is 1. The van der Waals surface area contributed by atoms with E-state index in [1.54, 1.807) is 4.90 Å². The molecular weight excluding hydrogens is 466 g/mol. The smallest absolute Gasteiger partial charge is 0.407 e. The number of amides is 2. The number of amidine groups is 1. The van der Waals surface area contributed by atoms with Crippen molar-refractivity contribution in [3.8, 4) is 11.8 Å². The van der Waals surface area contributed by atoms with Gasteiger partial charge in [0.2, 0.25) is 5.91 Å². The maximum Gasteiger partial charge on any atom is 0.407 e. The molecule has 2 fully saturated rings. The quantitative estimate of drug-likeness (QED) is 0.320. The van der Waals surface area contributed by atoms with Crippen LogP contribution in [-0.4, -0.2) is 72.3 Å². The maximum atomic E-state index is 13.4. The molecule has 10 heteroatoms. The Labute approximate surface area is 209 Å².